The highest BCUT2D eigenvalue weighted by Crippen LogP contribution is 2.33. The van der Waals surface area contributed by atoms with Gasteiger partial charge in [-0.05, 0) is 36.0 Å². The Morgan fingerprint density at radius 2 is 1.71 bits per heavy atom. The van der Waals surface area contributed by atoms with Gasteiger partial charge >= 0.3 is 0 Å². The molecule has 2 aliphatic heterocycles. The molecule has 4 rings (SSSR count). The Morgan fingerprint density at radius 1 is 1.03 bits per heavy atom. The number of amides is 3. The van der Waals surface area contributed by atoms with Crippen molar-refractivity contribution in [2.75, 3.05) is 39.3 Å². The molecule has 2 aromatic rings. The average molecular weight is 501 g/mol. The van der Waals surface area contributed by atoms with Crippen LogP contribution in [0, 0.1) is 17.7 Å². The maximum absolute atomic E-state index is 14.2. The molecule has 7 nitrogen and oxygen atoms in total. The van der Waals surface area contributed by atoms with Crippen LogP contribution >= 0.6 is 11.6 Å². The van der Waals surface area contributed by atoms with E-state index in [2.05, 4.69) is 15.5 Å². The zero-order chi connectivity index (χ0) is 24.9. The summed E-state index contributed by atoms with van der Waals surface area (Å²) in [5, 5.41) is 5.71. The van der Waals surface area contributed by atoms with E-state index in [1.807, 2.05) is 30.3 Å². The van der Waals surface area contributed by atoms with E-state index in [0.29, 0.717) is 24.9 Å². The maximum Gasteiger partial charge on any atom is 0.258 e. The van der Waals surface area contributed by atoms with E-state index < -0.39 is 5.82 Å². The van der Waals surface area contributed by atoms with Crippen LogP contribution in [0.1, 0.15) is 35.3 Å². The van der Waals surface area contributed by atoms with Gasteiger partial charge in [0.1, 0.15) is 5.82 Å². The van der Waals surface area contributed by atoms with Crippen molar-refractivity contribution in [3.8, 4) is 0 Å². The Morgan fingerprint density at radius 3 is 2.34 bits per heavy atom. The summed E-state index contributed by atoms with van der Waals surface area (Å²) in [6.07, 6.45) is 0.725. The van der Waals surface area contributed by atoms with Gasteiger partial charge in [0.15, 0.2) is 0 Å². The zero-order valence-corrected chi connectivity index (χ0v) is 20.4. The normalized spacial score (nSPS) is 20.4. The Kier molecular flexibility index (Phi) is 8.03. The van der Waals surface area contributed by atoms with Gasteiger partial charge in [0.2, 0.25) is 11.8 Å². The maximum atomic E-state index is 14.2. The van der Waals surface area contributed by atoms with Crippen molar-refractivity contribution in [2.24, 2.45) is 11.8 Å². The fraction of sp³-hybridized carbons (Fsp3) is 0.423. The minimum absolute atomic E-state index is 0.0493. The highest BCUT2D eigenvalue weighted by molar-refractivity contribution is 6.33. The summed E-state index contributed by atoms with van der Waals surface area (Å²) in [6, 6.07) is 13.9. The van der Waals surface area contributed by atoms with Gasteiger partial charge in [0.05, 0.1) is 23.2 Å². The van der Waals surface area contributed by atoms with Crippen molar-refractivity contribution in [1.82, 2.24) is 20.4 Å². The van der Waals surface area contributed by atoms with Crippen LogP contribution < -0.4 is 10.6 Å². The quantitative estimate of drug-likeness (QED) is 0.584. The monoisotopic (exact) mass is 500 g/mol. The number of rotatable bonds is 8. The second kappa shape index (κ2) is 11.2. The third kappa shape index (κ3) is 6.18. The smallest absolute Gasteiger partial charge is 0.258 e. The van der Waals surface area contributed by atoms with Gasteiger partial charge in [-0.25, -0.2) is 4.39 Å². The highest BCUT2D eigenvalue weighted by Gasteiger charge is 2.42. The molecule has 2 fully saturated rings. The molecule has 186 valence electrons. The number of nitrogens with one attached hydrogen (secondary N) is 2. The van der Waals surface area contributed by atoms with E-state index in [1.54, 1.807) is 4.90 Å². The van der Waals surface area contributed by atoms with Crippen molar-refractivity contribution in [1.29, 1.82) is 0 Å². The van der Waals surface area contributed by atoms with Crippen molar-refractivity contribution in [2.45, 2.75) is 19.4 Å². The van der Waals surface area contributed by atoms with Crippen LogP contribution in [0.25, 0.3) is 0 Å². The predicted octanol–water partition coefficient (Wildman–Crippen LogP) is 2.87. The summed E-state index contributed by atoms with van der Waals surface area (Å²) in [7, 11) is 0. The number of halogens is 2. The summed E-state index contributed by atoms with van der Waals surface area (Å²) < 4.78 is 14.2. The van der Waals surface area contributed by atoms with Crippen LogP contribution in [0.4, 0.5) is 4.39 Å². The number of benzene rings is 2. The number of fused-ring (bicyclic) bond motifs is 1. The number of carbonyl (C=O) groups is 3. The molecular weight excluding hydrogens is 471 g/mol. The van der Waals surface area contributed by atoms with Crippen molar-refractivity contribution in [3.63, 3.8) is 0 Å². The topological polar surface area (TPSA) is 81.8 Å². The average Bonchev–Trinajstić information content (AvgIpc) is 3.40. The van der Waals surface area contributed by atoms with Gasteiger partial charge in [0.25, 0.3) is 5.91 Å². The Balaban J connectivity index is 1.32. The molecule has 2 heterocycles. The number of carbonyl (C=O) groups excluding carboxylic acids is 3. The second-order valence-corrected chi connectivity index (χ2v) is 9.72. The summed E-state index contributed by atoms with van der Waals surface area (Å²) in [5.41, 5.74) is 0.966. The van der Waals surface area contributed by atoms with E-state index in [0.717, 1.165) is 31.6 Å². The molecule has 0 bridgehead atoms. The lowest BCUT2D eigenvalue weighted by Gasteiger charge is -2.25. The summed E-state index contributed by atoms with van der Waals surface area (Å²) >= 11 is 6.09. The van der Waals surface area contributed by atoms with Gasteiger partial charge < -0.3 is 20.4 Å². The van der Waals surface area contributed by atoms with Crippen molar-refractivity contribution >= 4 is 29.3 Å². The molecule has 2 unspecified atom stereocenters. The predicted molar refractivity (Wildman–Crippen MR) is 131 cm³/mol. The SMILES string of the molecule is CC(=O)NCC(=O)NC(CCN1CC2CN(C(=O)c3c(F)cccc3Cl)C[C@@H]2C1)c1ccccc1. The molecule has 0 aromatic heterocycles. The Labute approximate surface area is 209 Å². The first-order valence-corrected chi connectivity index (χ1v) is 12.2. The highest BCUT2D eigenvalue weighted by atomic mass is 35.5. The third-order valence-corrected chi connectivity index (χ3v) is 7.11. The van der Waals surface area contributed by atoms with Crippen molar-refractivity contribution in [3.05, 3.63) is 70.5 Å². The van der Waals surface area contributed by atoms with Gasteiger partial charge in [-0.1, -0.05) is 48.0 Å². The van der Waals surface area contributed by atoms with E-state index >= 15 is 0 Å². The molecule has 0 aliphatic carbocycles. The lowest BCUT2D eigenvalue weighted by Crippen LogP contribution is -2.39. The minimum atomic E-state index is -0.589. The van der Waals surface area contributed by atoms with Crippen LogP contribution in [0.15, 0.2) is 48.5 Å². The lowest BCUT2D eigenvalue weighted by atomic mass is 10.0. The van der Waals surface area contributed by atoms with Gasteiger partial charge in [-0.2, -0.15) is 0 Å². The van der Waals surface area contributed by atoms with Crippen LogP contribution in [0.5, 0.6) is 0 Å². The molecular formula is C26H30ClFN4O3. The third-order valence-electron chi connectivity index (χ3n) is 6.79. The zero-order valence-electron chi connectivity index (χ0n) is 19.7. The number of hydrogen-bond acceptors (Lipinski definition) is 4. The van der Waals surface area contributed by atoms with Crippen LogP contribution in [0.3, 0.4) is 0 Å². The molecule has 2 saturated heterocycles. The molecule has 3 atom stereocenters. The molecule has 2 aromatic carbocycles. The molecule has 0 spiro atoms. The fourth-order valence-electron chi connectivity index (χ4n) is 5.07. The molecule has 2 aliphatic rings. The molecule has 35 heavy (non-hydrogen) atoms. The standard InChI is InChI=1S/C26H30ClFN4O3/c1-17(33)29-12-24(34)30-23(18-6-3-2-4-7-18)10-11-31-13-19-15-32(16-20(19)14-31)26(35)25-21(27)8-5-9-22(25)28/h2-9,19-20,23H,10-16H2,1H3,(H,29,33)(H,30,34)/t19-,20?,23?/m0/s1. The molecule has 3 amide bonds. The van der Waals surface area contributed by atoms with E-state index in [4.69, 9.17) is 11.6 Å². The number of hydrogen-bond donors (Lipinski definition) is 2. The molecule has 0 radical (unpaired) electrons. The second-order valence-electron chi connectivity index (χ2n) is 9.32. The van der Waals surface area contributed by atoms with Gasteiger partial charge in [-0.15, -0.1) is 0 Å². The first-order chi connectivity index (χ1) is 16.8. The molecule has 2 N–H and O–H groups in total. The summed E-state index contributed by atoms with van der Waals surface area (Å²) in [6.45, 7) is 4.98. The Bertz CT molecular complexity index is 1050. The van der Waals surface area contributed by atoms with E-state index in [-0.39, 0.29) is 40.9 Å². The number of likely N-dealkylation sites (tertiary alicyclic amines) is 2. The minimum Gasteiger partial charge on any atom is -0.348 e. The Hall–Kier alpha value is -2.97. The fourth-order valence-corrected chi connectivity index (χ4v) is 5.31. The van der Waals surface area contributed by atoms with Crippen LogP contribution in [-0.4, -0.2) is 66.8 Å². The number of nitrogens with zero attached hydrogens (tertiary/aromatic N) is 2. The molecule has 0 saturated carbocycles. The lowest BCUT2D eigenvalue weighted by molar-refractivity contribution is -0.125. The summed E-state index contributed by atoms with van der Waals surface area (Å²) in [4.78, 5) is 40.4. The summed E-state index contributed by atoms with van der Waals surface area (Å²) in [5.74, 6) is -0.755. The van der Waals surface area contributed by atoms with Gasteiger partial charge in [0, 0.05) is 39.6 Å². The van der Waals surface area contributed by atoms with Crippen LogP contribution in [-0.2, 0) is 9.59 Å². The van der Waals surface area contributed by atoms with Crippen molar-refractivity contribution < 1.29 is 18.8 Å². The van der Waals surface area contributed by atoms with E-state index in [1.165, 1.54) is 25.1 Å². The van der Waals surface area contributed by atoms with Crippen LogP contribution in [0.2, 0.25) is 5.02 Å². The first-order valence-electron chi connectivity index (χ1n) is 11.9. The molecule has 9 heteroatoms. The first kappa shape index (κ1) is 25.1. The van der Waals surface area contributed by atoms with Gasteiger partial charge in [-0.3, -0.25) is 14.4 Å². The largest absolute Gasteiger partial charge is 0.348 e. The van der Waals surface area contributed by atoms with E-state index in [9.17, 15) is 18.8 Å².